The number of aromatic nitrogens is 2. The van der Waals surface area contributed by atoms with Crippen molar-refractivity contribution < 1.29 is 0 Å². The maximum atomic E-state index is 5.37. The molecule has 4 atom stereocenters. The Bertz CT molecular complexity index is 1550. The Morgan fingerprint density at radius 1 is 0.500 bits per heavy atom. The fourth-order valence-electron chi connectivity index (χ4n) is 8.69. The van der Waals surface area contributed by atoms with E-state index in [9.17, 15) is 0 Å². The Morgan fingerprint density at radius 3 is 1.31 bits per heavy atom. The number of rotatable bonds is 0. The zero-order valence-corrected chi connectivity index (χ0v) is 27.0. The molecule has 0 saturated heterocycles. The molecule has 4 nitrogen and oxygen atoms in total. The van der Waals surface area contributed by atoms with Crippen molar-refractivity contribution in [1.82, 2.24) is 9.97 Å². The molecule has 7 rings (SSSR count). The van der Waals surface area contributed by atoms with E-state index < -0.39 is 0 Å². The first-order chi connectivity index (χ1) is 20.1. The molecule has 42 heavy (non-hydrogen) atoms. The van der Waals surface area contributed by atoms with E-state index in [1.54, 1.807) is 0 Å². The van der Waals surface area contributed by atoms with Crippen molar-refractivity contribution in [2.75, 3.05) is 0 Å². The topological polar surface area (TPSA) is 56.3 Å². The van der Waals surface area contributed by atoms with E-state index in [0.717, 1.165) is 17.8 Å². The lowest BCUT2D eigenvalue weighted by Crippen LogP contribution is -2.27. The molecule has 2 aliphatic carbocycles. The summed E-state index contributed by atoms with van der Waals surface area (Å²) in [6.07, 6.45) is 14.5. The summed E-state index contributed by atoms with van der Waals surface area (Å²) in [5, 5.41) is 0. The number of hydrogen-bond acceptors (Lipinski definition) is 2. The minimum absolute atomic E-state index is 0.496. The molecule has 12 bridgehead atoms. The van der Waals surface area contributed by atoms with Gasteiger partial charge in [0.15, 0.2) is 0 Å². The van der Waals surface area contributed by atoms with Crippen molar-refractivity contribution in [1.29, 1.82) is 0 Å². The van der Waals surface area contributed by atoms with Crippen LogP contribution in [-0.2, 0) is 0 Å². The maximum Gasteiger partial charge on any atom is 0.0686 e. The lowest BCUT2D eigenvalue weighted by molar-refractivity contribution is 0.383. The molecule has 2 fully saturated rings. The molecule has 2 N–H and O–H groups in total. The first kappa shape index (κ1) is 27.7. The first-order valence-electron chi connectivity index (χ1n) is 16.5. The summed E-state index contributed by atoms with van der Waals surface area (Å²) in [5.41, 5.74) is 21.4. The van der Waals surface area contributed by atoms with Gasteiger partial charge >= 0.3 is 0 Å². The Morgan fingerprint density at radius 2 is 0.881 bits per heavy atom. The van der Waals surface area contributed by atoms with Crippen LogP contribution >= 0.6 is 0 Å². The van der Waals surface area contributed by atoms with Crippen molar-refractivity contribution in [3.05, 3.63) is 78.7 Å². The van der Waals surface area contributed by atoms with Gasteiger partial charge in [-0.15, -0.1) is 0 Å². The Labute approximate surface area is 252 Å². The van der Waals surface area contributed by atoms with Crippen LogP contribution in [0.1, 0.15) is 136 Å². The van der Waals surface area contributed by atoms with E-state index >= 15 is 0 Å². The van der Waals surface area contributed by atoms with Crippen LogP contribution in [0.15, 0.2) is 43.7 Å². The highest BCUT2D eigenvalue weighted by Crippen LogP contribution is 2.45. The van der Waals surface area contributed by atoms with Gasteiger partial charge in [-0.2, -0.15) is 0 Å². The van der Waals surface area contributed by atoms with E-state index in [-0.39, 0.29) is 0 Å². The van der Waals surface area contributed by atoms with E-state index in [0.29, 0.717) is 23.7 Å². The molecule has 5 heterocycles. The third-order valence-electron chi connectivity index (χ3n) is 11.9. The zero-order chi connectivity index (χ0) is 29.4. The van der Waals surface area contributed by atoms with Crippen molar-refractivity contribution in [3.8, 4) is 0 Å². The van der Waals surface area contributed by atoms with E-state index in [1.807, 2.05) is 0 Å². The Balaban J connectivity index is 1.39. The van der Waals surface area contributed by atoms with Gasteiger partial charge in [-0.3, -0.25) is 9.98 Å². The normalized spacial score (nSPS) is 27.6. The molecule has 0 radical (unpaired) electrons. The highest BCUT2D eigenvalue weighted by molar-refractivity contribution is 6.09. The van der Waals surface area contributed by atoms with E-state index in [4.69, 9.17) is 9.98 Å². The van der Waals surface area contributed by atoms with Crippen LogP contribution in [0.3, 0.4) is 0 Å². The number of allylic oxidation sites excluding steroid dienone is 4. The van der Waals surface area contributed by atoms with E-state index in [2.05, 4.69) is 77.5 Å². The molecule has 0 amide bonds. The molecule has 5 aliphatic rings. The summed E-state index contributed by atoms with van der Waals surface area (Å²) in [6.45, 7) is 18.4. The van der Waals surface area contributed by atoms with Gasteiger partial charge in [0, 0.05) is 46.0 Å². The molecule has 2 aromatic heterocycles. The summed E-state index contributed by atoms with van der Waals surface area (Å²) in [4.78, 5) is 18.6. The standard InChI is InChI=1S/C38H48N4/c1-19-23(5)35-27-11-9-12-28(15-27)37-25(7)21(3)33(41-37)18-34-22(4)26(8)38(42-34)30-14-10-13-29(16-30)36-24(6)20(2)32(40-36)17-31(19)39-35/h17-18,27-30,39,41H,9-16H2,1-8H3. The van der Waals surface area contributed by atoms with Crippen LogP contribution in [0.2, 0.25) is 0 Å². The predicted molar refractivity (Wildman–Crippen MR) is 178 cm³/mol. The molecule has 2 saturated carbocycles. The van der Waals surface area contributed by atoms with Crippen LogP contribution in [0, 0.1) is 39.5 Å². The van der Waals surface area contributed by atoms with Gasteiger partial charge in [-0.1, -0.05) is 12.8 Å². The van der Waals surface area contributed by atoms with Gasteiger partial charge in [0.1, 0.15) is 0 Å². The first-order valence-corrected chi connectivity index (χ1v) is 16.5. The zero-order valence-electron chi connectivity index (χ0n) is 27.0. The predicted octanol–water partition coefficient (Wildman–Crippen LogP) is 10.1. The van der Waals surface area contributed by atoms with Crippen LogP contribution < -0.4 is 0 Å². The second-order valence-electron chi connectivity index (χ2n) is 14.1. The average molecular weight is 561 g/mol. The SMILES string of the molecule is CC1=C(C)C2=NC1=Cc1[nH]c(c(C)c1C)C1CCCC(C1)c1[nH]c(c(C)c1C)C=C1N=C(C(C)=C1C)C1CCCC2C1. The summed E-state index contributed by atoms with van der Waals surface area (Å²) in [5.74, 6) is 2.10. The maximum absolute atomic E-state index is 5.37. The van der Waals surface area contributed by atoms with Gasteiger partial charge in [0.25, 0.3) is 0 Å². The molecule has 3 aliphatic heterocycles. The molecule has 0 spiro atoms. The Kier molecular flexibility index (Phi) is 6.75. The van der Waals surface area contributed by atoms with Gasteiger partial charge in [0.05, 0.1) is 11.4 Å². The van der Waals surface area contributed by atoms with Gasteiger partial charge in [-0.25, -0.2) is 0 Å². The summed E-state index contributed by atoms with van der Waals surface area (Å²) < 4.78 is 0. The molecule has 4 heteroatoms. The number of aliphatic imine (C=N–C) groups is 2. The quantitative estimate of drug-likeness (QED) is 0.322. The van der Waals surface area contributed by atoms with Crippen LogP contribution in [-0.4, -0.2) is 21.4 Å². The smallest absolute Gasteiger partial charge is 0.0686 e. The van der Waals surface area contributed by atoms with Crippen LogP contribution in [0.4, 0.5) is 0 Å². The molecular formula is C38H48N4. The number of nitrogens with one attached hydrogen (secondary N) is 2. The largest absolute Gasteiger partial charge is 0.358 e. The van der Waals surface area contributed by atoms with Crippen LogP contribution in [0.25, 0.3) is 12.2 Å². The summed E-state index contributed by atoms with van der Waals surface area (Å²) >= 11 is 0. The second kappa shape index (κ2) is 10.2. The number of H-pyrrole nitrogens is 2. The van der Waals surface area contributed by atoms with Crippen molar-refractivity contribution in [2.24, 2.45) is 21.8 Å². The van der Waals surface area contributed by atoms with Gasteiger partial charge < -0.3 is 9.97 Å². The van der Waals surface area contributed by atoms with Crippen molar-refractivity contribution in [2.45, 2.75) is 119 Å². The third kappa shape index (κ3) is 4.31. The molecule has 0 aromatic carbocycles. The molecule has 4 unspecified atom stereocenters. The van der Waals surface area contributed by atoms with E-state index in [1.165, 1.54) is 124 Å². The number of hydrogen-bond donors (Lipinski definition) is 2. The molecule has 2 aromatic rings. The molecular weight excluding hydrogens is 512 g/mol. The summed E-state index contributed by atoms with van der Waals surface area (Å²) in [7, 11) is 0. The van der Waals surface area contributed by atoms with Gasteiger partial charge in [-0.05, 0) is 162 Å². The monoisotopic (exact) mass is 560 g/mol. The van der Waals surface area contributed by atoms with Crippen molar-refractivity contribution in [3.63, 3.8) is 0 Å². The lowest BCUT2D eigenvalue weighted by Gasteiger charge is -2.30. The highest BCUT2D eigenvalue weighted by atomic mass is 14.8. The van der Waals surface area contributed by atoms with Gasteiger partial charge in [0.2, 0.25) is 0 Å². The number of aromatic amines is 2. The van der Waals surface area contributed by atoms with Crippen LogP contribution in [0.5, 0.6) is 0 Å². The summed E-state index contributed by atoms with van der Waals surface area (Å²) in [6, 6.07) is 0. The Hall–Kier alpha value is -3.14. The number of fused-ring (bicyclic) bond motifs is 14. The highest BCUT2D eigenvalue weighted by Gasteiger charge is 2.35. The minimum atomic E-state index is 0.496. The minimum Gasteiger partial charge on any atom is -0.358 e. The fourth-order valence-corrected chi connectivity index (χ4v) is 8.69. The lowest BCUT2D eigenvalue weighted by atomic mass is 9.74. The molecule has 220 valence electrons. The average Bonchev–Trinajstić information content (AvgIpc) is 3.64. The number of nitrogens with zero attached hydrogens (tertiary/aromatic N) is 2. The second-order valence-corrected chi connectivity index (χ2v) is 14.1. The van der Waals surface area contributed by atoms with Crippen molar-refractivity contribution >= 4 is 23.6 Å². The fraction of sp³-hybridized carbons (Fsp3) is 0.526. The third-order valence-corrected chi connectivity index (χ3v) is 11.9.